The van der Waals surface area contributed by atoms with E-state index in [1.54, 1.807) is 0 Å². The zero-order valence-corrected chi connectivity index (χ0v) is 9.83. The summed E-state index contributed by atoms with van der Waals surface area (Å²) in [6.45, 7) is 0. The number of hydrogen-bond acceptors (Lipinski definition) is 2. The summed E-state index contributed by atoms with van der Waals surface area (Å²) in [6, 6.07) is 8.76. The van der Waals surface area contributed by atoms with Crippen LogP contribution in [0.1, 0.15) is 46.5 Å². The second kappa shape index (κ2) is 3.17. The highest BCUT2D eigenvalue weighted by molar-refractivity contribution is 7.09. The zero-order valence-electron chi connectivity index (χ0n) is 9.02. The van der Waals surface area contributed by atoms with Gasteiger partial charge in [-0.05, 0) is 30.4 Å². The van der Waals surface area contributed by atoms with E-state index in [0.717, 1.165) is 5.92 Å². The Balaban J connectivity index is 1.67. The lowest BCUT2D eigenvalue weighted by atomic mass is 9.78. The summed E-state index contributed by atoms with van der Waals surface area (Å²) in [4.78, 5) is 4.81. The molecule has 0 N–H and O–H groups in total. The maximum atomic E-state index is 4.81. The summed E-state index contributed by atoms with van der Waals surface area (Å²) in [5, 5.41) is 3.61. The van der Waals surface area contributed by atoms with Gasteiger partial charge in [-0.1, -0.05) is 24.3 Å². The van der Waals surface area contributed by atoms with Gasteiger partial charge in [0.25, 0.3) is 0 Å². The van der Waals surface area contributed by atoms with E-state index in [0.29, 0.717) is 5.92 Å². The van der Waals surface area contributed by atoms with E-state index < -0.39 is 0 Å². The maximum absolute atomic E-state index is 4.81. The molecule has 1 saturated carbocycles. The van der Waals surface area contributed by atoms with Gasteiger partial charge in [0, 0.05) is 17.2 Å². The van der Waals surface area contributed by atoms with Crippen molar-refractivity contribution in [1.29, 1.82) is 0 Å². The molecule has 16 heavy (non-hydrogen) atoms. The fourth-order valence-electron chi connectivity index (χ4n) is 2.51. The predicted octanol–water partition coefficient (Wildman–Crippen LogP) is 3.71. The Hall–Kier alpha value is -1.15. The van der Waals surface area contributed by atoms with Crippen LogP contribution in [-0.4, -0.2) is 4.98 Å². The van der Waals surface area contributed by atoms with Crippen LogP contribution in [0.25, 0.3) is 0 Å². The summed E-state index contributed by atoms with van der Waals surface area (Å²) in [7, 11) is 0. The number of nitrogens with zero attached hydrogens (tertiary/aromatic N) is 1. The van der Waals surface area contributed by atoms with Gasteiger partial charge in [-0.2, -0.15) is 0 Å². The van der Waals surface area contributed by atoms with Crippen LogP contribution < -0.4 is 0 Å². The molecule has 80 valence electrons. The highest BCUT2D eigenvalue weighted by Crippen LogP contribution is 2.44. The van der Waals surface area contributed by atoms with Crippen LogP contribution >= 0.6 is 11.3 Å². The molecule has 1 aromatic heterocycles. The fourth-order valence-corrected chi connectivity index (χ4v) is 3.53. The van der Waals surface area contributed by atoms with Crippen molar-refractivity contribution in [2.45, 2.75) is 31.1 Å². The molecular formula is C14H13NS. The molecule has 0 spiro atoms. The zero-order chi connectivity index (χ0) is 10.5. The third kappa shape index (κ3) is 1.26. The minimum atomic E-state index is 0.591. The van der Waals surface area contributed by atoms with E-state index in [-0.39, 0.29) is 0 Å². The first-order valence-electron chi connectivity index (χ1n) is 5.95. The van der Waals surface area contributed by atoms with Gasteiger partial charge in [-0.15, -0.1) is 11.3 Å². The average Bonchev–Trinajstić information content (AvgIpc) is 3.01. The van der Waals surface area contributed by atoms with Crippen LogP contribution in [0.2, 0.25) is 0 Å². The Bertz CT molecular complexity index is 539. The Kier molecular flexibility index (Phi) is 1.77. The van der Waals surface area contributed by atoms with Gasteiger partial charge in [0.05, 0.1) is 5.69 Å². The molecule has 0 saturated heterocycles. The van der Waals surface area contributed by atoms with Crippen LogP contribution in [-0.2, 0) is 6.42 Å². The number of aromatic nitrogens is 1. The van der Waals surface area contributed by atoms with Crippen molar-refractivity contribution in [1.82, 2.24) is 4.98 Å². The van der Waals surface area contributed by atoms with Crippen molar-refractivity contribution >= 4 is 11.3 Å². The molecular weight excluding hydrogens is 214 g/mol. The molecule has 2 aliphatic rings. The van der Waals surface area contributed by atoms with E-state index in [9.17, 15) is 0 Å². The lowest BCUT2D eigenvalue weighted by Crippen LogP contribution is -2.17. The molecule has 0 radical (unpaired) electrons. The number of benzene rings is 1. The van der Waals surface area contributed by atoms with E-state index in [4.69, 9.17) is 4.98 Å². The molecule has 1 heterocycles. The molecule has 0 bridgehead atoms. The topological polar surface area (TPSA) is 12.9 Å². The molecule has 2 aliphatic carbocycles. The van der Waals surface area contributed by atoms with Crippen molar-refractivity contribution in [3.63, 3.8) is 0 Å². The molecule has 1 aromatic carbocycles. The molecule has 1 nitrogen and oxygen atoms in total. The minimum absolute atomic E-state index is 0.591. The Morgan fingerprint density at radius 2 is 2.06 bits per heavy atom. The highest BCUT2D eigenvalue weighted by Gasteiger charge is 2.31. The van der Waals surface area contributed by atoms with Crippen molar-refractivity contribution in [2.75, 3.05) is 0 Å². The van der Waals surface area contributed by atoms with Gasteiger partial charge < -0.3 is 0 Å². The molecule has 1 atom stereocenters. The average molecular weight is 227 g/mol. The van der Waals surface area contributed by atoms with Crippen LogP contribution in [0.4, 0.5) is 0 Å². The molecule has 1 unspecified atom stereocenters. The summed E-state index contributed by atoms with van der Waals surface area (Å²) >= 11 is 1.85. The van der Waals surface area contributed by atoms with Crippen LogP contribution in [0.15, 0.2) is 29.6 Å². The second-order valence-electron chi connectivity index (χ2n) is 4.84. The Morgan fingerprint density at radius 3 is 2.88 bits per heavy atom. The smallest absolute Gasteiger partial charge is 0.101 e. The number of hydrogen-bond donors (Lipinski definition) is 0. The van der Waals surface area contributed by atoms with Crippen LogP contribution in [0.3, 0.4) is 0 Å². The van der Waals surface area contributed by atoms with Crippen LogP contribution in [0.5, 0.6) is 0 Å². The minimum Gasteiger partial charge on any atom is -0.245 e. The lowest BCUT2D eigenvalue weighted by molar-refractivity contribution is 0.698. The van der Waals surface area contributed by atoms with E-state index in [2.05, 4.69) is 29.6 Å². The quantitative estimate of drug-likeness (QED) is 0.762. The number of rotatable bonds is 2. The Morgan fingerprint density at radius 1 is 1.19 bits per heavy atom. The molecule has 4 rings (SSSR count). The van der Waals surface area contributed by atoms with E-state index in [1.807, 2.05) is 11.3 Å². The van der Waals surface area contributed by atoms with Crippen molar-refractivity contribution in [2.24, 2.45) is 0 Å². The largest absolute Gasteiger partial charge is 0.245 e. The van der Waals surface area contributed by atoms with Gasteiger partial charge in [-0.3, -0.25) is 0 Å². The third-order valence-corrected chi connectivity index (χ3v) is 4.66. The second-order valence-corrected chi connectivity index (χ2v) is 5.73. The monoisotopic (exact) mass is 227 g/mol. The highest BCUT2D eigenvalue weighted by atomic mass is 32.1. The Labute approximate surface area is 99.2 Å². The normalized spacial score (nSPS) is 22.6. The third-order valence-electron chi connectivity index (χ3n) is 3.69. The first-order valence-corrected chi connectivity index (χ1v) is 6.83. The maximum Gasteiger partial charge on any atom is 0.101 e. The van der Waals surface area contributed by atoms with Crippen molar-refractivity contribution < 1.29 is 0 Å². The number of thiazole rings is 1. The van der Waals surface area contributed by atoms with Gasteiger partial charge in [-0.25, -0.2) is 4.98 Å². The molecule has 0 aliphatic heterocycles. The standard InChI is InChI=1S/C14H13NS/c1-2-4-11-10(3-1)7-12(11)14-15-13(8-16-14)9-5-6-9/h1-4,8-9,12H,5-7H2. The summed E-state index contributed by atoms with van der Waals surface area (Å²) in [5.74, 6) is 1.38. The van der Waals surface area contributed by atoms with Gasteiger partial charge in [0.1, 0.15) is 5.01 Å². The van der Waals surface area contributed by atoms with Gasteiger partial charge >= 0.3 is 0 Å². The molecule has 0 amide bonds. The van der Waals surface area contributed by atoms with Gasteiger partial charge in [0.2, 0.25) is 0 Å². The summed E-state index contributed by atoms with van der Waals surface area (Å²) in [5.41, 5.74) is 4.36. The van der Waals surface area contributed by atoms with Crippen LogP contribution in [0, 0.1) is 0 Å². The SMILES string of the molecule is c1ccc2c(c1)CC2c1nc(C2CC2)cs1. The molecule has 2 aromatic rings. The van der Waals surface area contributed by atoms with Crippen molar-refractivity contribution in [3.05, 3.63) is 51.5 Å². The first kappa shape index (κ1) is 8.94. The van der Waals surface area contributed by atoms with E-state index >= 15 is 0 Å². The molecule has 1 fully saturated rings. The van der Waals surface area contributed by atoms with Gasteiger partial charge in [0.15, 0.2) is 0 Å². The predicted molar refractivity (Wildman–Crippen MR) is 66.1 cm³/mol. The number of fused-ring (bicyclic) bond motifs is 1. The fraction of sp³-hybridized carbons (Fsp3) is 0.357. The lowest BCUT2D eigenvalue weighted by Gasteiger charge is -2.28. The van der Waals surface area contributed by atoms with Crippen molar-refractivity contribution in [3.8, 4) is 0 Å². The summed E-state index contributed by atoms with van der Waals surface area (Å²) < 4.78 is 0. The molecule has 2 heteroatoms. The van der Waals surface area contributed by atoms with E-state index in [1.165, 1.54) is 41.1 Å². The first-order chi connectivity index (χ1) is 7.92. The summed E-state index contributed by atoms with van der Waals surface area (Å²) in [6.07, 6.45) is 3.89.